The van der Waals surface area contributed by atoms with Gasteiger partial charge in [0.25, 0.3) is 5.91 Å². The molecule has 35 heavy (non-hydrogen) atoms. The van der Waals surface area contributed by atoms with Gasteiger partial charge in [-0.05, 0) is 44.4 Å². The third-order valence-electron chi connectivity index (χ3n) is 5.41. The molecule has 0 unspecified atom stereocenters. The van der Waals surface area contributed by atoms with Crippen molar-refractivity contribution in [3.8, 4) is 0 Å². The smallest absolute Gasteiger partial charge is 0.408 e. The number of amides is 2. The van der Waals surface area contributed by atoms with E-state index < -0.39 is 40.3 Å². The Morgan fingerprint density at radius 3 is 2.29 bits per heavy atom. The summed E-state index contributed by atoms with van der Waals surface area (Å²) in [5.41, 5.74) is 1.70. The Morgan fingerprint density at radius 1 is 1.09 bits per heavy atom. The van der Waals surface area contributed by atoms with E-state index in [0.29, 0.717) is 16.7 Å². The molecule has 0 radical (unpaired) electrons. The second-order valence-corrected chi connectivity index (χ2v) is 11.1. The van der Waals surface area contributed by atoms with E-state index in [1.165, 1.54) is 6.08 Å². The lowest BCUT2D eigenvalue weighted by Crippen LogP contribution is -2.43. The number of carboxylic acid groups (broad SMARTS) is 1. The van der Waals surface area contributed by atoms with Crippen LogP contribution in [0, 0.1) is 6.92 Å². The van der Waals surface area contributed by atoms with E-state index in [4.69, 9.17) is 4.74 Å². The van der Waals surface area contributed by atoms with Crippen molar-refractivity contribution in [1.29, 1.82) is 0 Å². The maximum Gasteiger partial charge on any atom is 0.408 e. The number of carboxylic acids is 1. The molecule has 0 bridgehead atoms. The fraction of sp³-hybridized carbons (Fsp3) is 0.320. The number of carbonyl (C=O) groups excluding carboxylic acids is 2. The molecule has 2 amide bonds. The summed E-state index contributed by atoms with van der Waals surface area (Å²) in [5, 5.41) is 11.9. The van der Waals surface area contributed by atoms with Crippen molar-refractivity contribution in [2.24, 2.45) is 0 Å². The first-order valence-electron chi connectivity index (χ1n) is 10.9. The van der Waals surface area contributed by atoms with Gasteiger partial charge in [-0.15, -0.1) is 0 Å². The Hall–Kier alpha value is -3.34. The molecule has 0 saturated heterocycles. The van der Waals surface area contributed by atoms with Crippen LogP contribution in [0.5, 0.6) is 0 Å². The Labute approximate surface area is 205 Å². The van der Waals surface area contributed by atoms with Gasteiger partial charge in [-0.1, -0.05) is 59.3 Å². The van der Waals surface area contributed by atoms with Crippen LogP contribution in [0.1, 0.15) is 43.0 Å². The third kappa shape index (κ3) is 6.02. The molecule has 2 aromatic rings. The Morgan fingerprint density at radius 2 is 1.74 bits per heavy atom. The van der Waals surface area contributed by atoms with Crippen LogP contribution in [-0.4, -0.2) is 48.1 Å². The van der Waals surface area contributed by atoms with Gasteiger partial charge in [0.05, 0.1) is 10.4 Å². The van der Waals surface area contributed by atoms with E-state index in [1.807, 2.05) is 6.07 Å². The molecule has 9 nitrogen and oxygen atoms in total. The molecule has 188 valence electrons. The highest BCUT2D eigenvalue weighted by Gasteiger charge is 2.44. The highest BCUT2D eigenvalue weighted by Crippen LogP contribution is 2.62. The summed E-state index contributed by atoms with van der Waals surface area (Å²) in [5.74, 6) is -1.71. The predicted octanol–water partition coefficient (Wildman–Crippen LogP) is 4.56. The number of aliphatic carboxylic acids is 1. The number of hydrogen-bond acceptors (Lipinski definition) is 6. The fourth-order valence-electron chi connectivity index (χ4n) is 3.88. The van der Waals surface area contributed by atoms with Gasteiger partial charge in [0, 0.05) is 18.1 Å². The van der Waals surface area contributed by atoms with Crippen molar-refractivity contribution in [1.82, 2.24) is 9.62 Å². The number of rotatable bonds is 7. The SMILES string of the molecule is Cc1cc(C[C@H](NC(=O)OCc2ccccc2)C(=O)O)ccc1C1=CC(=O)N(C(C)(C)C)S1(O)O. The van der Waals surface area contributed by atoms with Gasteiger partial charge in [0.1, 0.15) is 12.6 Å². The molecule has 3 rings (SSSR count). The number of ether oxygens (including phenoxy) is 1. The van der Waals surface area contributed by atoms with E-state index in [2.05, 4.69) is 5.32 Å². The van der Waals surface area contributed by atoms with Gasteiger partial charge in [0.2, 0.25) is 0 Å². The van der Waals surface area contributed by atoms with E-state index in [-0.39, 0.29) is 17.9 Å². The van der Waals surface area contributed by atoms with Crippen LogP contribution in [0.2, 0.25) is 0 Å². The number of nitrogens with zero attached hydrogens (tertiary/aromatic N) is 1. The zero-order valence-corrected chi connectivity index (χ0v) is 20.8. The maximum atomic E-state index is 12.5. The molecule has 1 heterocycles. The van der Waals surface area contributed by atoms with Crippen LogP contribution in [0.25, 0.3) is 4.91 Å². The van der Waals surface area contributed by atoms with E-state index >= 15 is 0 Å². The van der Waals surface area contributed by atoms with Crippen molar-refractivity contribution in [3.63, 3.8) is 0 Å². The zero-order chi connectivity index (χ0) is 26.0. The number of alkyl carbamates (subject to hydrolysis) is 1. The molecule has 0 aliphatic carbocycles. The normalized spacial score (nSPS) is 16.9. The molecule has 1 atom stereocenters. The third-order valence-corrected chi connectivity index (χ3v) is 7.58. The van der Waals surface area contributed by atoms with Crippen LogP contribution in [0.4, 0.5) is 4.79 Å². The van der Waals surface area contributed by atoms with E-state index in [1.54, 1.807) is 70.2 Å². The minimum Gasteiger partial charge on any atom is -0.480 e. The van der Waals surface area contributed by atoms with Crippen LogP contribution in [-0.2, 0) is 27.4 Å². The van der Waals surface area contributed by atoms with Crippen molar-refractivity contribution in [3.05, 3.63) is 76.9 Å². The number of hydrogen-bond donors (Lipinski definition) is 4. The standard InChI is InChI=1S/C25H30N2O7S/c1-16-12-18(10-11-19(16)21-14-22(28)27(25(2,3)4)35(21,32)33)13-20(23(29)30)26-24(31)34-15-17-8-6-5-7-9-17/h5-12,14,20,32-33H,13,15H2,1-4H3,(H,26,31)(H,29,30)/t20-/m0/s1. The second-order valence-electron chi connectivity index (χ2n) is 9.28. The van der Waals surface area contributed by atoms with Crippen LogP contribution < -0.4 is 5.32 Å². The summed E-state index contributed by atoms with van der Waals surface area (Å²) in [6, 6.07) is 12.7. The van der Waals surface area contributed by atoms with Crippen molar-refractivity contribution in [2.45, 2.75) is 52.3 Å². The first-order valence-corrected chi connectivity index (χ1v) is 12.5. The maximum absolute atomic E-state index is 12.5. The summed E-state index contributed by atoms with van der Waals surface area (Å²) in [4.78, 5) is 36.5. The highest BCUT2D eigenvalue weighted by molar-refractivity contribution is 8.31. The summed E-state index contributed by atoms with van der Waals surface area (Å²) in [7, 11) is -3.53. The molecule has 0 fully saturated rings. The average molecular weight is 503 g/mol. The van der Waals surface area contributed by atoms with Gasteiger partial charge >= 0.3 is 12.1 Å². The number of nitrogens with one attached hydrogen (secondary N) is 1. The zero-order valence-electron chi connectivity index (χ0n) is 20.0. The summed E-state index contributed by atoms with van der Waals surface area (Å²) < 4.78 is 27.9. The predicted molar refractivity (Wildman–Crippen MR) is 133 cm³/mol. The van der Waals surface area contributed by atoms with Gasteiger partial charge < -0.3 is 15.2 Å². The molecule has 1 aliphatic rings. The molecule has 10 heteroatoms. The fourth-order valence-corrected chi connectivity index (χ4v) is 5.93. The van der Waals surface area contributed by atoms with Gasteiger partial charge in [-0.25, -0.2) is 13.9 Å². The molecular weight excluding hydrogens is 472 g/mol. The molecule has 1 aliphatic heterocycles. The Balaban J connectivity index is 1.72. The summed E-state index contributed by atoms with van der Waals surface area (Å²) in [6.45, 7) is 6.90. The summed E-state index contributed by atoms with van der Waals surface area (Å²) in [6.07, 6.45) is 0.368. The lowest BCUT2D eigenvalue weighted by Gasteiger charge is -2.46. The van der Waals surface area contributed by atoms with Gasteiger partial charge in [0.15, 0.2) is 0 Å². The minimum atomic E-state index is -3.53. The van der Waals surface area contributed by atoms with E-state index in [0.717, 1.165) is 9.87 Å². The number of aryl methyl sites for hydroxylation is 1. The second kappa shape index (κ2) is 10.1. The molecule has 0 spiro atoms. The number of carbonyl (C=O) groups is 3. The minimum absolute atomic E-state index is 0.0125. The number of benzene rings is 2. The average Bonchev–Trinajstić information content (AvgIpc) is 3.00. The van der Waals surface area contributed by atoms with Crippen LogP contribution in [0.3, 0.4) is 0 Å². The van der Waals surface area contributed by atoms with Crippen LogP contribution >= 0.6 is 10.8 Å². The highest BCUT2D eigenvalue weighted by atomic mass is 32.3. The largest absolute Gasteiger partial charge is 0.480 e. The lowest BCUT2D eigenvalue weighted by molar-refractivity contribution is -0.139. The van der Waals surface area contributed by atoms with Crippen molar-refractivity contribution in [2.75, 3.05) is 0 Å². The first kappa shape index (κ1) is 26.3. The van der Waals surface area contributed by atoms with E-state index in [9.17, 15) is 28.6 Å². The quantitative estimate of drug-likeness (QED) is 0.435. The van der Waals surface area contributed by atoms with Crippen molar-refractivity contribution >= 4 is 33.7 Å². The molecule has 4 N–H and O–H groups in total. The first-order chi connectivity index (χ1) is 16.3. The van der Waals surface area contributed by atoms with Crippen molar-refractivity contribution < 1.29 is 33.3 Å². The topological polar surface area (TPSA) is 136 Å². The Kier molecular flexibility index (Phi) is 7.59. The molecular formula is C25H30N2O7S. The Bertz CT molecular complexity index is 1160. The molecule has 2 aromatic carbocycles. The lowest BCUT2D eigenvalue weighted by atomic mass is 9.99. The molecule has 0 saturated carbocycles. The van der Waals surface area contributed by atoms with Gasteiger partial charge in [-0.2, -0.15) is 0 Å². The van der Waals surface area contributed by atoms with Gasteiger partial charge in [-0.3, -0.25) is 13.9 Å². The molecule has 0 aromatic heterocycles. The summed E-state index contributed by atoms with van der Waals surface area (Å²) >= 11 is 0. The monoisotopic (exact) mass is 502 g/mol. The van der Waals surface area contributed by atoms with Crippen LogP contribution in [0.15, 0.2) is 54.6 Å².